The lowest BCUT2D eigenvalue weighted by atomic mass is 9.77. The first-order valence-electron chi connectivity index (χ1n) is 9.45. The summed E-state index contributed by atoms with van der Waals surface area (Å²) in [5, 5.41) is 14.3. The van der Waals surface area contributed by atoms with Crippen molar-refractivity contribution in [3.05, 3.63) is 17.8 Å². The van der Waals surface area contributed by atoms with Gasteiger partial charge >= 0.3 is 0 Å². The molecule has 0 spiro atoms. The van der Waals surface area contributed by atoms with Gasteiger partial charge in [0.05, 0.1) is 15.9 Å². The molecule has 0 atom stereocenters. The molecule has 0 bridgehead atoms. The molecule has 2 aliphatic rings. The van der Waals surface area contributed by atoms with Crippen LogP contribution in [-0.4, -0.2) is 45.7 Å². The average Bonchev–Trinajstić information content (AvgIpc) is 2.95. The molecule has 2 aromatic rings. The Labute approximate surface area is 157 Å². The molecule has 1 amide bonds. The van der Waals surface area contributed by atoms with Crippen LogP contribution < -0.4 is 10.2 Å². The third-order valence-electron chi connectivity index (χ3n) is 5.69. The van der Waals surface area contributed by atoms with E-state index in [1.807, 2.05) is 19.9 Å². The predicted octanol–water partition coefficient (Wildman–Crippen LogP) is 2.96. The molecule has 3 heterocycles. The largest absolute Gasteiger partial charge is 0.390 e. The van der Waals surface area contributed by atoms with Crippen molar-refractivity contribution >= 4 is 32.7 Å². The van der Waals surface area contributed by atoms with Crippen molar-refractivity contribution in [2.75, 3.05) is 18.0 Å². The quantitative estimate of drug-likeness (QED) is 0.860. The van der Waals surface area contributed by atoms with Gasteiger partial charge in [0, 0.05) is 25.3 Å². The molecular weight excluding hydrogens is 348 g/mol. The van der Waals surface area contributed by atoms with Crippen LogP contribution in [0.1, 0.15) is 56.3 Å². The van der Waals surface area contributed by atoms with Crippen LogP contribution in [0.5, 0.6) is 0 Å². The maximum atomic E-state index is 12.6. The van der Waals surface area contributed by atoms with Crippen molar-refractivity contribution in [3.8, 4) is 0 Å². The van der Waals surface area contributed by atoms with E-state index in [0.717, 1.165) is 54.3 Å². The molecule has 1 aliphatic heterocycles. The van der Waals surface area contributed by atoms with Crippen molar-refractivity contribution in [2.45, 2.75) is 57.6 Å². The highest BCUT2D eigenvalue weighted by atomic mass is 32.1. The number of rotatable bonds is 4. The Hall–Kier alpha value is -1.73. The monoisotopic (exact) mass is 374 g/mol. The van der Waals surface area contributed by atoms with Crippen LogP contribution >= 0.6 is 11.3 Å². The Morgan fingerprint density at radius 1 is 1.31 bits per heavy atom. The third-order valence-corrected chi connectivity index (χ3v) is 6.74. The summed E-state index contributed by atoms with van der Waals surface area (Å²) in [5.41, 5.74) is 0.685. The van der Waals surface area contributed by atoms with Gasteiger partial charge in [-0.2, -0.15) is 4.98 Å². The highest BCUT2D eigenvalue weighted by molar-refractivity contribution is 7.22. The van der Waals surface area contributed by atoms with Gasteiger partial charge in [-0.1, -0.05) is 11.3 Å². The molecule has 1 saturated carbocycles. The van der Waals surface area contributed by atoms with Crippen molar-refractivity contribution in [1.29, 1.82) is 0 Å². The highest BCUT2D eigenvalue weighted by Crippen LogP contribution is 2.33. The van der Waals surface area contributed by atoms with Gasteiger partial charge in [0.15, 0.2) is 10.8 Å². The van der Waals surface area contributed by atoms with E-state index in [4.69, 9.17) is 0 Å². The average molecular weight is 375 g/mol. The zero-order valence-electron chi connectivity index (χ0n) is 15.4. The Morgan fingerprint density at radius 3 is 2.65 bits per heavy atom. The number of nitrogens with one attached hydrogen (secondary N) is 1. The fourth-order valence-corrected chi connectivity index (χ4v) is 4.80. The number of thiazole rings is 1. The molecule has 4 rings (SSSR count). The molecule has 6 nitrogen and oxygen atoms in total. The molecule has 2 N–H and O–H groups in total. The maximum absolute atomic E-state index is 12.6. The molecule has 1 aliphatic carbocycles. The minimum atomic E-state index is -0.635. The number of fused-ring (bicyclic) bond motifs is 1. The van der Waals surface area contributed by atoms with E-state index >= 15 is 0 Å². The van der Waals surface area contributed by atoms with Crippen LogP contribution in [0, 0.1) is 5.92 Å². The Kier molecular flexibility index (Phi) is 4.61. The number of amides is 1. The van der Waals surface area contributed by atoms with Gasteiger partial charge in [0.25, 0.3) is 5.91 Å². The predicted molar refractivity (Wildman–Crippen MR) is 104 cm³/mol. The first-order chi connectivity index (χ1) is 12.4. The molecule has 2 aromatic heterocycles. The first kappa shape index (κ1) is 17.7. The lowest BCUT2D eigenvalue weighted by Gasteiger charge is -2.36. The van der Waals surface area contributed by atoms with E-state index in [1.54, 1.807) is 17.5 Å². The summed E-state index contributed by atoms with van der Waals surface area (Å²) in [4.78, 5) is 23.8. The molecule has 0 radical (unpaired) electrons. The van der Waals surface area contributed by atoms with Crippen LogP contribution in [-0.2, 0) is 0 Å². The van der Waals surface area contributed by atoms with Gasteiger partial charge in [-0.25, -0.2) is 4.98 Å². The van der Waals surface area contributed by atoms with Gasteiger partial charge < -0.3 is 15.3 Å². The number of hydrogen-bond donors (Lipinski definition) is 2. The summed E-state index contributed by atoms with van der Waals surface area (Å²) in [7, 11) is 0. The minimum absolute atomic E-state index is 0.0648. The topological polar surface area (TPSA) is 78.3 Å². The molecular formula is C19H26N4O2S. The molecule has 0 unspecified atom stereocenters. The minimum Gasteiger partial charge on any atom is -0.390 e. The summed E-state index contributed by atoms with van der Waals surface area (Å²) in [6.45, 7) is 5.86. The van der Waals surface area contributed by atoms with Gasteiger partial charge in [-0.3, -0.25) is 4.79 Å². The number of hydrogen-bond acceptors (Lipinski definition) is 6. The summed E-state index contributed by atoms with van der Waals surface area (Å²) >= 11 is 1.61. The van der Waals surface area contributed by atoms with Gasteiger partial charge in [0.1, 0.15) is 0 Å². The normalized spacial score (nSPS) is 23.7. The van der Waals surface area contributed by atoms with Crippen LogP contribution in [0.25, 0.3) is 10.3 Å². The smallest absolute Gasteiger partial charge is 0.253 e. The number of aromatic nitrogens is 2. The van der Waals surface area contributed by atoms with Crippen LogP contribution in [0.4, 0.5) is 5.13 Å². The highest BCUT2D eigenvalue weighted by Gasteiger charge is 2.32. The van der Waals surface area contributed by atoms with Crippen molar-refractivity contribution in [1.82, 2.24) is 15.3 Å². The molecule has 140 valence electrons. The van der Waals surface area contributed by atoms with E-state index in [2.05, 4.69) is 20.2 Å². The molecule has 26 heavy (non-hydrogen) atoms. The lowest BCUT2D eigenvalue weighted by molar-refractivity contribution is -0.00257. The molecule has 0 aromatic carbocycles. The van der Waals surface area contributed by atoms with E-state index < -0.39 is 5.60 Å². The SMILES string of the molecule is CC(C)(O)[C@H]1CC[C@H](NC(=O)c2cnc3nc(N4CCC4)sc3c2)CC1. The number of anilines is 1. The number of pyridine rings is 1. The van der Waals surface area contributed by atoms with Crippen molar-refractivity contribution in [3.63, 3.8) is 0 Å². The second-order valence-electron chi connectivity index (χ2n) is 8.06. The zero-order chi connectivity index (χ0) is 18.3. The number of carbonyl (C=O) groups excluding carboxylic acids is 1. The number of aliphatic hydroxyl groups is 1. The maximum Gasteiger partial charge on any atom is 0.253 e. The van der Waals surface area contributed by atoms with E-state index in [9.17, 15) is 9.90 Å². The first-order valence-corrected chi connectivity index (χ1v) is 10.3. The fourth-order valence-electron chi connectivity index (χ4n) is 3.79. The second kappa shape index (κ2) is 6.78. The molecule has 2 fully saturated rings. The van der Waals surface area contributed by atoms with Crippen LogP contribution in [0.3, 0.4) is 0 Å². The third kappa shape index (κ3) is 3.55. The Morgan fingerprint density at radius 2 is 2.04 bits per heavy atom. The van der Waals surface area contributed by atoms with Crippen LogP contribution in [0.15, 0.2) is 12.3 Å². The Balaban J connectivity index is 1.40. The second-order valence-corrected chi connectivity index (χ2v) is 9.07. The Bertz CT molecular complexity index is 801. The van der Waals surface area contributed by atoms with E-state index in [0.29, 0.717) is 11.5 Å². The van der Waals surface area contributed by atoms with E-state index in [-0.39, 0.29) is 11.9 Å². The lowest BCUT2D eigenvalue weighted by Crippen LogP contribution is -2.41. The number of carbonyl (C=O) groups is 1. The molecule has 1 saturated heterocycles. The van der Waals surface area contributed by atoms with Gasteiger partial charge in [-0.15, -0.1) is 0 Å². The molecule has 7 heteroatoms. The summed E-state index contributed by atoms with van der Waals surface area (Å²) in [5.74, 6) is 0.246. The fraction of sp³-hybridized carbons (Fsp3) is 0.632. The van der Waals surface area contributed by atoms with Gasteiger partial charge in [-0.05, 0) is 57.9 Å². The van der Waals surface area contributed by atoms with Crippen molar-refractivity contribution < 1.29 is 9.90 Å². The summed E-state index contributed by atoms with van der Waals surface area (Å²) in [6.07, 6.45) is 6.55. The number of nitrogens with zero attached hydrogens (tertiary/aromatic N) is 3. The van der Waals surface area contributed by atoms with Crippen LogP contribution in [0.2, 0.25) is 0 Å². The summed E-state index contributed by atoms with van der Waals surface area (Å²) < 4.78 is 0.963. The van der Waals surface area contributed by atoms with Gasteiger partial charge in [0.2, 0.25) is 0 Å². The van der Waals surface area contributed by atoms with E-state index in [1.165, 1.54) is 6.42 Å². The summed E-state index contributed by atoms with van der Waals surface area (Å²) in [6, 6.07) is 2.08. The zero-order valence-corrected chi connectivity index (χ0v) is 16.2. The van der Waals surface area contributed by atoms with Crippen molar-refractivity contribution in [2.24, 2.45) is 5.92 Å². The standard InChI is InChI=1S/C19H26N4O2S/c1-19(2,25)13-4-6-14(7-5-13)21-17(24)12-10-15-16(20-11-12)22-18(26-15)23-8-3-9-23/h10-11,13-14,25H,3-9H2,1-2H3,(H,21,24)/t13-,14-.